The predicted molar refractivity (Wildman–Crippen MR) is 91.5 cm³/mol. The van der Waals surface area contributed by atoms with E-state index in [2.05, 4.69) is 50.4 Å². The zero-order chi connectivity index (χ0) is 14.6. The second-order valence-corrected chi connectivity index (χ2v) is 5.84. The highest BCUT2D eigenvalue weighted by atomic mass is 14.9. The molecule has 0 aliphatic rings. The van der Waals surface area contributed by atoms with Crippen molar-refractivity contribution in [3.05, 3.63) is 29.8 Å². The Morgan fingerprint density at radius 3 is 2.00 bits per heavy atom. The molecule has 0 aliphatic heterocycles. The topological polar surface area (TPSA) is 12.0 Å². The molecule has 0 aromatic heterocycles. The first-order valence-corrected chi connectivity index (χ1v) is 8.66. The molecule has 0 aliphatic carbocycles. The zero-order valence-corrected chi connectivity index (χ0v) is 13.8. The number of anilines is 1. The average molecular weight is 275 g/mol. The van der Waals surface area contributed by atoms with Gasteiger partial charge in [-0.15, -0.1) is 0 Å². The molecule has 20 heavy (non-hydrogen) atoms. The van der Waals surface area contributed by atoms with E-state index in [4.69, 9.17) is 0 Å². The van der Waals surface area contributed by atoms with Gasteiger partial charge in [-0.05, 0) is 30.9 Å². The lowest BCUT2D eigenvalue weighted by Gasteiger charge is -2.22. The van der Waals surface area contributed by atoms with E-state index in [0.29, 0.717) is 6.04 Å². The van der Waals surface area contributed by atoms with Crippen LogP contribution in [0.4, 0.5) is 5.69 Å². The quantitative estimate of drug-likeness (QED) is 0.475. The zero-order valence-electron chi connectivity index (χ0n) is 13.8. The van der Waals surface area contributed by atoms with E-state index in [-0.39, 0.29) is 0 Å². The first-order valence-electron chi connectivity index (χ1n) is 8.66. The standard InChI is InChI=1S/C19H33N/c1-4-7-9-14-18(15-10-8-5-2)20-19-16-12-11-13-17(19)6-3/h11-13,16,18,20H,4-10,14-15H2,1-3H3. The summed E-state index contributed by atoms with van der Waals surface area (Å²) in [7, 11) is 0. The molecule has 1 rings (SSSR count). The molecular weight excluding hydrogens is 242 g/mol. The fraction of sp³-hybridized carbons (Fsp3) is 0.684. The Balaban J connectivity index is 2.56. The molecule has 1 aromatic rings. The molecule has 0 heterocycles. The van der Waals surface area contributed by atoms with Gasteiger partial charge in [0.05, 0.1) is 0 Å². The Hall–Kier alpha value is -0.980. The molecule has 1 aromatic carbocycles. The third kappa shape index (κ3) is 6.45. The van der Waals surface area contributed by atoms with Gasteiger partial charge in [-0.2, -0.15) is 0 Å². The van der Waals surface area contributed by atoms with Crippen molar-refractivity contribution in [1.82, 2.24) is 0 Å². The lowest BCUT2D eigenvalue weighted by molar-refractivity contribution is 0.526. The largest absolute Gasteiger partial charge is 0.382 e. The summed E-state index contributed by atoms with van der Waals surface area (Å²) in [6.07, 6.45) is 11.8. The summed E-state index contributed by atoms with van der Waals surface area (Å²) in [5, 5.41) is 3.82. The first-order chi connectivity index (χ1) is 9.81. The lowest BCUT2D eigenvalue weighted by atomic mass is 10.0. The maximum Gasteiger partial charge on any atom is 0.0374 e. The van der Waals surface area contributed by atoms with Gasteiger partial charge in [0.25, 0.3) is 0 Å². The van der Waals surface area contributed by atoms with Crippen LogP contribution in [-0.2, 0) is 6.42 Å². The number of benzene rings is 1. The van der Waals surface area contributed by atoms with Crippen LogP contribution in [0.2, 0.25) is 0 Å². The van der Waals surface area contributed by atoms with E-state index in [1.54, 1.807) is 0 Å². The molecule has 0 fully saturated rings. The highest BCUT2D eigenvalue weighted by Crippen LogP contribution is 2.21. The van der Waals surface area contributed by atoms with Gasteiger partial charge in [-0.25, -0.2) is 0 Å². The predicted octanol–water partition coefficient (Wildman–Crippen LogP) is 6.19. The maximum atomic E-state index is 3.82. The summed E-state index contributed by atoms with van der Waals surface area (Å²) in [4.78, 5) is 0. The summed E-state index contributed by atoms with van der Waals surface area (Å²) >= 11 is 0. The highest BCUT2D eigenvalue weighted by Gasteiger charge is 2.09. The fourth-order valence-corrected chi connectivity index (χ4v) is 2.76. The van der Waals surface area contributed by atoms with E-state index in [1.165, 1.54) is 62.6 Å². The summed E-state index contributed by atoms with van der Waals surface area (Å²) in [6, 6.07) is 9.44. The van der Waals surface area contributed by atoms with Crippen LogP contribution >= 0.6 is 0 Å². The van der Waals surface area contributed by atoms with Gasteiger partial charge >= 0.3 is 0 Å². The van der Waals surface area contributed by atoms with Gasteiger partial charge in [-0.1, -0.05) is 77.5 Å². The van der Waals surface area contributed by atoms with Crippen LogP contribution in [0, 0.1) is 0 Å². The summed E-state index contributed by atoms with van der Waals surface area (Å²) < 4.78 is 0. The second kappa shape index (κ2) is 10.8. The monoisotopic (exact) mass is 275 g/mol. The maximum absolute atomic E-state index is 3.82. The van der Waals surface area contributed by atoms with E-state index >= 15 is 0 Å². The molecule has 1 N–H and O–H groups in total. The van der Waals surface area contributed by atoms with Crippen molar-refractivity contribution in [3.8, 4) is 0 Å². The van der Waals surface area contributed by atoms with Crippen molar-refractivity contribution in [1.29, 1.82) is 0 Å². The van der Waals surface area contributed by atoms with Crippen LogP contribution in [0.15, 0.2) is 24.3 Å². The summed E-state index contributed by atoms with van der Waals surface area (Å²) in [5.74, 6) is 0. The molecule has 1 nitrogen and oxygen atoms in total. The van der Waals surface area contributed by atoms with Crippen LogP contribution in [0.1, 0.15) is 77.7 Å². The number of rotatable bonds is 11. The molecule has 0 amide bonds. The Morgan fingerprint density at radius 2 is 1.45 bits per heavy atom. The fourth-order valence-electron chi connectivity index (χ4n) is 2.76. The number of nitrogens with one attached hydrogen (secondary N) is 1. The SMILES string of the molecule is CCCCCC(CCCCC)Nc1ccccc1CC. The molecule has 114 valence electrons. The van der Waals surface area contributed by atoms with Gasteiger partial charge in [0.1, 0.15) is 0 Å². The highest BCUT2D eigenvalue weighted by molar-refractivity contribution is 5.51. The van der Waals surface area contributed by atoms with Crippen LogP contribution in [-0.4, -0.2) is 6.04 Å². The smallest absolute Gasteiger partial charge is 0.0374 e. The van der Waals surface area contributed by atoms with Gasteiger partial charge in [0.2, 0.25) is 0 Å². The van der Waals surface area contributed by atoms with Crippen molar-refractivity contribution in [2.45, 2.75) is 84.6 Å². The summed E-state index contributed by atoms with van der Waals surface area (Å²) in [6.45, 7) is 6.81. The molecule has 0 unspecified atom stereocenters. The molecular formula is C19H33N. The van der Waals surface area contributed by atoms with E-state index < -0.39 is 0 Å². The van der Waals surface area contributed by atoms with Crippen molar-refractivity contribution in [2.75, 3.05) is 5.32 Å². The molecule has 0 spiro atoms. The van der Waals surface area contributed by atoms with Crippen LogP contribution in [0.5, 0.6) is 0 Å². The average Bonchev–Trinajstić information content (AvgIpc) is 2.48. The number of unbranched alkanes of at least 4 members (excludes halogenated alkanes) is 4. The van der Waals surface area contributed by atoms with Gasteiger partial charge in [0.15, 0.2) is 0 Å². The van der Waals surface area contributed by atoms with E-state index in [1.807, 2.05) is 0 Å². The van der Waals surface area contributed by atoms with Crippen molar-refractivity contribution in [3.63, 3.8) is 0 Å². The number of para-hydroxylation sites is 1. The number of aryl methyl sites for hydroxylation is 1. The Kier molecular flexibility index (Phi) is 9.19. The first kappa shape index (κ1) is 17.1. The van der Waals surface area contributed by atoms with Gasteiger partial charge < -0.3 is 5.32 Å². The third-order valence-electron chi connectivity index (χ3n) is 4.07. The van der Waals surface area contributed by atoms with Crippen molar-refractivity contribution >= 4 is 5.69 Å². The minimum absolute atomic E-state index is 0.654. The van der Waals surface area contributed by atoms with Crippen molar-refractivity contribution in [2.24, 2.45) is 0 Å². The minimum Gasteiger partial charge on any atom is -0.382 e. The van der Waals surface area contributed by atoms with Gasteiger partial charge in [-0.3, -0.25) is 0 Å². The molecule has 0 bridgehead atoms. The number of hydrogen-bond acceptors (Lipinski definition) is 1. The van der Waals surface area contributed by atoms with Crippen molar-refractivity contribution < 1.29 is 0 Å². The lowest BCUT2D eigenvalue weighted by Crippen LogP contribution is -2.20. The minimum atomic E-state index is 0.654. The molecule has 0 saturated heterocycles. The molecule has 1 heteroatoms. The molecule has 0 atom stereocenters. The normalized spacial score (nSPS) is 11.0. The summed E-state index contributed by atoms with van der Waals surface area (Å²) in [5.41, 5.74) is 2.80. The third-order valence-corrected chi connectivity index (χ3v) is 4.07. The number of hydrogen-bond donors (Lipinski definition) is 1. The van der Waals surface area contributed by atoms with Gasteiger partial charge in [0, 0.05) is 11.7 Å². The van der Waals surface area contributed by atoms with Crippen LogP contribution in [0.25, 0.3) is 0 Å². The van der Waals surface area contributed by atoms with E-state index in [9.17, 15) is 0 Å². The Bertz CT molecular complexity index is 335. The molecule has 0 saturated carbocycles. The van der Waals surface area contributed by atoms with Crippen LogP contribution in [0.3, 0.4) is 0 Å². The van der Waals surface area contributed by atoms with Crippen LogP contribution < -0.4 is 5.32 Å². The Morgan fingerprint density at radius 1 is 0.850 bits per heavy atom. The Labute approximate surface area is 126 Å². The molecule has 0 radical (unpaired) electrons. The van der Waals surface area contributed by atoms with E-state index in [0.717, 1.165) is 6.42 Å². The second-order valence-electron chi connectivity index (χ2n) is 5.84.